The molecule has 0 fully saturated rings. The predicted molar refractivity (Wildman–Crippen MR) is 92.1 cm³/mol. The Labute approximate surface area is 163 Å². The number of ether oxygens (including phenoxy) is 2. The number of hydrogen-bond donors (Lipinski definition) is 0. The number of hydrogen-bond acceptors (Lipinski definition) is 4. The highest BCUT2D eigenvalue weighted by molar-refractivity contribution is 6.03. The van der Waals surface area contributed by atoms with E-state index in [2.05, 4.69) is 4.74 Å². The maximum Gasteiger partial charge on any atom is 0.344 e. The van der Waals surface area contributed by atoms with Crippen LogP contribution in [0, 0.1) is 29.1 Å². The largest absolute Gasteiger partial charge is 0.462 e. The molecule has 0 saturated heterocycles. The molecule has 2 aromatic rings. The summed E-state index contributed by atoms with van der Waals surface area (Å²) >= 11 is 0. The zero-order valence-electron chi connectivity index (χ0n) is 15.4. The fourth-order valence-electron chi connectivity index (χ4n) is 2.43. The lowest BCUT2D eigenvalue weighted by molar-refractivity contribution is 0.0489. The van der Waals surface area contributed by atoms with Gasteiger partial charge in [0, 0.05) is 0 Å². The van der Waals surface area contributed by atoms with E-state index in [-0.39, 0.29) is 12.2 Å². The van der Waals surface area contributed by atoms with Crippen LogP contribution in [-0.2, 0) is 4.74 Å². The summed E-state index contributed by atoms with van der Waals surface area (Å²) in [6, 6.07) is 5.04. The van der Waals surface area contributed by atoms with E-state index in [4.69, 9.17) is 4.74 Å². The lowest BCUT2D eigenvalue weighted by Gasteiger charge is -2.11. The van der Waals surface area contributed by atoms with E-state index in [9.17, 15) is 31.5 Å². The number of benzene rings is 2. The van der Waals surface area contributed by atoms with Gasteiger partial charge in [-0.1, -0.05) is 38.3 Å². The molecule has 156 valence electrons. The highest BCUT2D eigenvalue weighted by Gasteiger charge is 2.30. The van der Waals surface area contributed by atoms with Crippen LogP contribution in [0.25, 0.3) is 0 Å². The number of unbranched alkanes of at least 4 members (excludes halogenated alkanes) is 3. The van der Waals surface area contributed by atoms with Gasteiger partial charge in [-0.15, -0.1) is 0 Å². The van der Waals surface area contributed by atoms with Crippen molar-refractivity contribution in [2.75, 3.05) is 6.61 Å². The molecule has 0 unspecified atom stereocenters. The predicted octanol–water partition coefficient (Wildman–Crippen LogP) is 5.34. The first kappa shape index (κ1) is 22.3. The van der Waals surface area contributed by atoms with Gasteiger partial charge in [0.1, 0.15) is 0 Å². The Morgan fingerprint density at radius 3 is 1.83 bits per heavy atom. The van der Waals surface area contributed by atoms with Gasteiger partial charge in [0.05, 0.1) is 17.7 Å². The average molecular weight is 416 g/mol. The molecule has 0 aliphatic carbocycles. The molecule has 2 rings (SSSR count). The molecular formula is C20H17F5O4. The second-order valence-corrected chi connectivity index (χ2v) is 6.03. The second-order valence-electron chi connectivity index (χ2n) is 6.03. The Hall–Kier alpha value is -2.97. The van der Waals surface area contributed by atoms with E-state index in [1.54, 1.807) is 0 Å². The van der Waals surface area contributed by atoms with E-state index < -0.39 is 52.3 Å². The summed E-state index contributed by atoms with van der Waals surface area (Å²) in [5.74, 6) is -15.6. The van der Waals surface area contributed by atoms with Gasteiger partial charge in [-0.2, -0.15) is 8.78 Å². The van der Waals surface area contributed by atoms with E-state index >= 15 is 0 Å². The first-order chi connectivity index (χ1) is 13.8. The molecule has 0 N–H and O–H groups in total. The molecule has 4 nitrogen and oxygen atoms in total. The van der Waals surface area contributed by atoms with Crippen molar-refractivity contribution in [2.45, 2.75) is 32.6 Å². The third-order valence-electron chi connectivity index (χ3n) is 3.96. The standard InChI is InChI=1S/C20H17F5O4/c1-2-3-4-7-10-28-19(26)11-8-5-6-9-12(11)20(27)29-18-16(24)14(22)13(21)15(23)17(18)25/h5-6,8-9H,2-4,7,10H2,1H3. The lowest BCUT2D eigenvalue weighted by atomic mass is 10.1. The van der Waals surface area contributed by atoms with Crippen LogP contribution in [0.4, 0.5) is 22.0 Å². The maximum absolute atomic E-state index is 13.7. The molecule has 0 aliphatic rings. The molecule has 0 amide bonds. The number of halogens is 5. The summed E-state index contributed by atoms with van der Waals surface area (Å²) in [7, 11) is 0. The Morgan fingerprint density at radius 1 is 0.759 bits per heavy atom. The summed E-state index contributed by atoms with van der Waals surface area (Å²) in [5, 5.41) is 0. The monoisotopic (exact) mass is 416 g/mol. The van der Waals surface area contributed by atoms with Crippen LogP contribution >= 0.6 is 0 Å². The normalized spacial score (nSPS) is 10.7. The molecule has 0 radical (unpaired) electrons. The van der Waals surface area contributed by atoms with Crippen LogP contribution in [0.2, 0.25) is 0 Å². The minimum absolute atomic E-state index is 0.0971. The zero-order valence-corrected chi connectivity index (χ0v) is 15.4. The van der Waals surface area contributed by atoms with Gasteiger partial charge in [-0.25, -0.2) is 22.8 Å². The van der Waals surface area contributed by atoms with Crippen LogP contribution in [0.3, 0.4) is 0 Å². The van der Waals surface area contributed by atoms with E-state index in [0.717, 1.165) is 25.3 Å². The van der Waals surface area contributed by atoms with E-state index in [0.29, 0.717) is 6.42 Å². The summed E-state index contributed by atoms with van der Waals surface area (Å²) in [5.41, 5.74) is -0.716. The van der Waals surface area contributed by atoms with Crippen LogP contribution in [0.1, 0.15) is 53.3 Å². The van der Waals surface area contributed by atoms with Gasteiger partial charge in [0.2, 0.25) is 34.8 Å². The van der Waals surface area contributed by atoms with Gasteiger partial charge in [-0.05, 0) is 18.6 Å². The summed E-state index contributed by atoms with van der Waals surface area (Å²) in [6.07, 6.45) is 3.40. The molecule has 0 aliphatic heterocycles. The summed E-state index contributed by atoms with van der Waals surface area (Å²) in [4.78, 5) is 24.5. The molecule has 0 heterocycles. The van der Waals surface area contributed by atoms with Crippen LogP contribution in [0.15, 0.2) is 24.3 Å². The number of rotatable bonds is 8. The highest BCUT2D eigenvalue weighted by atomic mass is 19.2. The van der Waals surface area contributed by atoms with Gasteiger partial charge in [-0.3, -0.25) is 0 Å². The van der Waals surface area contributed by atoms with Crippen molar-refractivity contribution >= 4 is 11.9 Å². The summed E-state index contributed by atoms with van der Waals surface area (Å²) in [6.45, 7) is 2.11. The Balaban J connectivity index is 2.22. The molecule has 0 aromatic heterocycles. The van der Waals surface area contributed by atoms with E-state index in [1.165, 1.54) is 18.2 Å². The SMILES string of the molecule is CCCCCCOC(=O)c1ccccc1C(=O)Oc1c(F)c(F)c(F)c(F)c1F. The molecule has 2 aromatic carbocycles. The van der Waals surface area contributed by atoms with Crippen molar-refractivity contribution < 1.29 is 41.0 Å². The van der Waals surface area contributed by atoms with Crippen molar-refractivity contribution in [3.63, 3.8) is 0 Å². The van der Waals surface area contributed by atoms with Crippen molar-refractivity contribution in [3.8, 4) is 5.75 Å². The fraction of sp³-hybridized carbons (Fsp3) is 0.300. The number of carbonyl (C=O) groups is 2. The van der Waals surface area contributed by atoms with Gasteiger partial charge in [0.25, 0.3) is 0 Å². The number of carbonyl (C=O) groups excluding carboxylic acids is 2. The zero-order chi connectivity index (χ0) is 21.6. The fourth-order valence-corrected chi connectivity index (χ4v) is 2.43. The lowest BCUT2D eigenvalue weighted by Crippen LogP contribution is -2.18. The molecule has 9 heteroatoms. The van der Waals surface area contributed by atoms with Crippen molar-refractivity contribution in [3.05, 3.63) is 64.5 Å². The van der Waals surface area contributed by atoms with Crippen molar-refractivity contribution in [2.24, 2.45) is 0 Å². The van der Waals surface area contributed by atoms with Crippen molar-refractivity contribution in [1.82, 2.24) is 0 Å². The first-order valence-electron chi connectivity index (χ1n) is 8.79. The first-order valence-corrected chi connectivity index (χ1v) is 8.79. The van der Waals surface area contributed by atoms with E-state index in [1.807, 2.05) is 6.92 Å². The molecule has 29 heavy (non-hydrogen) atoms. The van der Waals surface area contributed by atoms with Crippen molar-refractivity contribution in [1.29, 1.82) is 0 Å². The second kappa shape index (κ2) is 9.99. The Morgan fingerprint density at radius 2 is 1.28 bits per heavy atom. The van der Waals surface area contributed by atoms with Crippen LogP contribution in [-0.4, -0.2) is 18.5 Å². The quantitative estimate of drug-likeness (QED) is 0.146. The van der Waals surface area contributed by atoms with Gasteiger partial charge in [0.15, 0.2) is 0 Å². The topological polar surface area (TPSA) is 52.6 Å². The molecule has 0 saturated carbocycles. The molecule has 0 spiro atoms. The van der Waals surface area contributed by atoms with Gasteiger partial charge < -0.3 is 9.47 Å². The highest BCUT2D eigenvalue weighted by Crippen LogP contribution is 2.30. The third kappa shape index (κ3) is 5.10. The molecule has 0 bridgehead atoms. The Kier molecular flexibility index (Phi) is 7.69. The van der Waals surface area contributed by atoms with Crippen LogP contribution in [0.5, 0.6) is 5.75 Å². The molecule has 0 atom stereocenters. The minimum Gasteiger partial charge on any atom is -0.462 e. The number of esters is 2. The summed E-state index contributed by atoms with van der Waals surface area (Å²) < 4.78 is 76.5. The third-order valence-corrected chi connectivity index (χ3v) is 3.96. The molecular weight excluding hydrogens is 399 g/mol. The smallest absolute Gasteiger partial charge is 0.344 e. The maximum atomic E-state index is 13.7. The average Bonchev–Trinajstić information content (AvgIpc) is 2.73. The minimum atomic E-state index is -2.38. The Bertz CT molecular complexity index is 885. The van der Waals surface area contributed by atoms with Gasteiger partial charge >= 0.3 is 11.9 Å². The van der Waals surface area contributed by atoms with Crippen LogP contribution < -0.4 is 4.74 Å².